The summed E-state index contributed by atoms with van der Waals surface area (Å²) in [5, 5.41) is 22.2. The van der Waals surface area contributed by atoms with Crippen LogP contribution in [0.25, 0.3) is 22.2 Å². The molecule has 1 spiro atoms. The lowest BCUT2D eigenvalue weighted by molar-refractivity contribution is -0.137. The van der Waals surface area contributed by atoms with Gasteiger partial charge in [-0.25, -0.2) is 14.8 Å². The zero-order chi connectivity index (χ0) is 26.0. The molecule has 2 fully saturated rings. The van der Waals surface area contributed by atoms with E-state index in [9.17, 15) is 27.8 Å². The lowest BCUT2D eigenvalue weighted by Gasteiger charge is -2.58. The first kappa shape index (κ1) is 24.1. The second-order valence-corrected chi connectivity index (χ2v) is 13.0. The average molecular weight is 518 g/mol. The SMILES string of the molecule is CP(C)(=O)c1c(C#N)ccc2c(-c3nc(NC4CC5(C4)CN(C(=O)O)C5)ncc3C(F)(F)F)c[nH]c12. The van der Waals surface area contributed by atoms with E-state index in [0.29, 0.717) is 36.8 Å². The van der Waals surface area contributed by atoms with E-state index >= 15 is 0 Å². The Labute approximate surface area is 203 Å². The number of likely N-dealkylation sites (tertiary alicyclic amines) is 1. The fourth-order valence-corrected chi connectivity index (χ4v) is 6.75. The standard InChI is InChI=1S/C23H22F3N6O3P/c1-36(2,35)19-12(7-27)3-4-14-15(8-28-18(14)19)17-16(23(24,25)26)9-29-20(31-17)30-13-5-22(6-13)10-32(11-22)21(33)34/h3-4,8-9,13,28H,5-6,10-11H2,1-2H3,(H,33,34)(H,29,30,31). The molecular weight excluding hydrogens is 496 g/mol. The molecule has 13 heteroatoms. The number of halogens is 3. The first-order valence-electron chi connectivity index (χ1n) is 11.1. The molecule has 1 aliphatic heterocycles. The number of aromatic amines is 1. The summed E-state index contributed by atoms with van der Waals surface area (Å²) in [4.78, 5) is 23.4. The van der Waals surface area contributed by atoms with Crippen molar-refractivity contribution in [1.29, 1.82) is 5.26 Å². The molecule has 1 saturated heterocycles. The van der Waals surface area contributed by atoms with Gasteiger partial charge in [-0.1, -0.05) is 6.07 Å². The van der Waals surface area contributed by atoms with Crippen LogP contribution >= 0.6 is 7.14 Å². The third-order valence-electron chi connectivity index (χ3n) is 6.85. The highest BCUT2D eigenvalue weighted by Crippen LogP contribution is 2.49. The molecule has 36 heavy (non-hydrogen) atoms. The highest BCUT2D eigenvalue weighted by molar-refractivity contribution is 7.70. The molecule has 2 aromatic heterocycles. The summed E-state index contributed by atoms with van der Waals surface area (Å²) in [5.74, 6) is 0.0344. The van der Waals surface area contributed by atoms with Crippen LogP contribution in [0, 0.1) is 16.7 Å². The fraction of sp³-hybridized carbons (Fsp3) is 0.391. The zero-order valence-corrected chi connectivity index (χ0v) is 20.2. The van der Waals surface area contributed by atoms with Gasteiger partial charge in [0.2, 0.25) is 5.95 Å². The maximum Gasteiger partial charge on any atom is 0.419 e. The minimum Gasteiger partial charge on any atom is -0.465 e. The van der Waals surface area contributed by atoms with Crippen LogP contribution in [0.5, 0.6) is 0 Å². The summed E-state index contributed by atoms with van der Waals surface area (Å²) in [6, 6.07) is 4.90. The molecule has 3 heterocycles. The van der Waals surface area contributed by atoms with Gasteiger partial charge in [0.15, 0.2) is 0 Å². The number of alkyl halides is 3. The number of hydrogen-bond donors (Lipinski definition) is 3. The summed E-state index contributed by atoms with van der Waals surface area (Å²) >= 11 is 0. The van der Waals surface area contributed by atoms with E-state index in [2.05, 4.69) is 20.3 Å². The number of nitrogens with zero attached hydrogens (tertiary/aromatic N) is 4. The van der Waals surface area contributed by atoms with Crippen LogP contribution in [0.3, 0.4) is 0 Å². The molecular formula is C23H22F3N6O3P. The predicted octanol–water partition coefficient (Wildman–Crippen LogP) is 4.32. The van der Waals surface area contributed by atoms with E-state index in [-0.39, 0.29) is 39.5 Å². The van der Waals surface area contributed by atoms with Crippen molar-refractivity contribution in [3.05, 3.63) is 35.7 Å². The van der Waals surface area contributed by atoms with Crippen molar-refractivity contribution < 1.29 is 27.6 Å². The van der Waals surface area contributed by atoms with E-state index in [0.717, 1.165) is 6.20 Å². The minimum absolute atomic E-state index is 0.0344. The molecule has 1 saturated carbocycles. The van der Waals surface area contributed by atoms with Crippen molar-refractivity contribution in [1.82, 2.24) is 19.9 Å². The van der Waals surface area contributed by atoms with E-state index in [1.165, 1.54) is 36.6 Å². The Hall–Kier alpha value is -3.58. The van der Waals surface area contributed by atoms with Gasteiger partial charge in [0.05, 0.1) is 28.1 Å². The van der Waals surface area contributed by atoms with Crippen LogP contribution in [0.2, 0.25) is 0 Å². The quantitative estimate of drug-likeness (QED) is 0.438. The first-order chi connectivity index (χ1) is 16.8. The van der Waals surface area contributed by atoms with Crippen LogP contribution in [0.15, 0.2) is 24.5 Å². The van der Waals surface area contributed by atoms with Crippen molar-refractivity contribution in [2.45, 2.75) is 25.1 Å². The topological polar surface area (TPSA) is 135 Å². The number of fused-ring (bicyclic) bond motifs is 1. The molecule has 0 unspecified atom stereocenters. The predicted molar refractivity (Wildman–Crippen MR) is 127 cm³/mol. The molecule has 0 bridgehead atoms. The molecule has 0 atom stereocenters. The van der Waals surface area contributed by atoms with Gasteiger partial charge in [-0.3, -0.25) is 0 Å². The highest BCUT2D eigenvalue weighted by atomic mass is 31.2. The number of anilines is 1. The Morgan fingerprint density at radius 1 is 1.33 bits per heavy atom. The number of nitrogens with one attached hydrogen (secondary N) is 2. The van der Waals surface area contributed by atoms with Crippen LogP contribution in [0.1, 0.15) is 24.0 Å². The van der Waals surface area contributed by atoms with Crippen LogP contribution in [-0.4, -0.2) is 63.5 Å². The Morgan fingerprint density at radius 3 is 2.61 bits per heavy atom. The summed E-state index contributed by atoms with van der Waals surface area (Å²) in [7, 11) is -2.95. The molecule has 5 rings (SSSR count). The van der Waals surface area contributed by atoms with Crippen LogP contribution < -0.4 is 10.6 Å². The minimum atomic E-state index is -4.72. The molecule has 1 aromatic carbocycles. The Balaban J connectivity index is 1.50. The molecule has 3 aromatic rings. The largest absolute Gasteiger partial charge is 0.465 e. The number of rotatable bonds is 4. The summed E-state index contributed by atoms with van der Waals surface area (Å²) in [6.07, 6.45) is -2.22. The smallest absolute Gasteiger partial charge is 0.419 e. The number of carbonyl (C=O) groups is 1. The van der Waals surface area contributed by atoms with Crippen molar-refractivity contribution in [2.75, 3.05) is 31.7 Å². The maximum atomic E-state index is 13.9. The molecule has 0 radical (unpaired) electrons. The Kier molecular flexibility index (Phi) is 5.34. The number of nitriles is 1. The molecule has 3 N–H and O–H groups in total. The maximum absolute atomic E-state index is 13.9. The zero-order valence-electron chi connectivity index (χ0n) is 19.3. The van der Waals surface area contributed by atoms with Gasteiger partial charge in [-0.05, 0) is 32.2 Å². The van der Waals surface area contributed by atoms with E-state index in [1.807, 2.05) is 6.07 Å². The molecule has 9 nitrogen and oxygen atoms in total. The lowest BCUT2D eigenvalue weighted by Crippen LogP contribution is -2.66. The van der Waals surface area contributed by atoms with Crippen molar-refractivity contribution in [3.8, 4) is 17.3 Å². The van der Waals surface area contributed by atoms with E-state index in [1.54, 1.807) is 0 Å². The molecule has 1 aliphatic carbocycles. The third kappa shape index (κ3) is 3.97. The number of amides is 1. The van der Waals surface area contributed by atoms with Gasteiger partial charge in [-0.2, -0.15) is 18.4 Å². The monoisotopic (exact) mass is 518 g/mol. The summed E-state index contributed by atoms with van der Waals surface area (Å²) in [6.45, 7) is 3.89. The highest BCUT2D eigenvalue weighted by Gasteiger charge is 2.54. The first-order valence-corrected chi connectivity index (χ1v) is 13.7. The van der Waals surface area contributed by atoms with Gasteiger partial charge in [-0.15, -0.1) is 0 Å². The van der Waals surface area contributed by atoms with Crippen molar-refractivity contribution in [2.24, 2.45) is 5.41 Å². The summed E-state index contributed by atoms with van der Waals surface area (Å²) in [5.41, 5.74) is -0.752. The van der Waals surface area contributed by atoms with Crippen molar-refractivity contribution in [3.63, 3.8) is 0 Å². The Bertz CT molecular complexity index is 1470. The molecule has 188 valence electrons. The fourth-order valence-electron chi connectivity index (χ4n) is 5.32. The number of hydrogen-bond acceptors (Lipinski definition) is 6. The van der Waals surface area contributed by atoms with Gasteiger partial charge >= 0.3 is 12.3 Å². The Morgan fingerprint density at radius 2 is 2.03 bits per heavy atom. The number of aromatic nitrogens is 3. The van der Waals surface area contributed by atoms with Gasteiger partial charge in [0.1, 0.15) is 12.7 Å². The van der Waals surface area contributed by atoms with Gasteiger partial charge in [0.25, 0.3) is 0 Å². The van der Waals surface area contributed by atoms with Crippen molar-refractivity contribution >= 4 is 35.4 Å². The van der Waals surface area contributed by atoms with E-state index < -0.39 is 25.0 Å². The average Bonchev–Trinajstić information content (AvgIpc) is 3.15. The van der Waals surface area contributed by atoms with Gasteiger partial charge < -0.3 is 24.9 Å². The molecule has 1 amide bonds. The number of H-pyrrole nitrogens is 1. The normalized spacial score (nSPS) is 17.5. The third-order valence-corrected chi connectivity index (χ3v) is 8.39. The molecule has 2 aliphatic rings. The van der Waals surface area contributed by atoms with Crippen LogP contribution in [-0.2, 0) is 10.7 Å². The second-order valence-electron chi connectivity index (χ2n) is 9.89. The van der Waals surface area contributed by atoms with E-state index in [4.69, 9.17) is 5.11 Å². The number of benzene rings is 1. The number of carboxylic acid groups (broad SMARTS) is 1. The lowest BCUT2D eigenvalue weighted by atomic mass is 9.61. The van der Waals surface area contributed by atoms with Crippen LogP contribution in [0.4, 0.5) is 23.9 Å². The summed E-state index contributed by atoms with van der Waals surface area (Å²) < 4.78 is 54.6. The van der Waals surface area contributed by atoms with Gasteiger partial charge in [0, 0.05) is 47.9 Å². The second kappa shape index (κ2) is 7.96.